The number of rotatable bonds is 4. The second-order valence-electron chi connectivity index (χ2n) is 7.14. The number of carbonyl (C=O) groups is 2. The van der Waals surface area contributed by atoms with Gasteiger partial charge in [0, 0.05) is 28.2 Å². The molecule has 7 heteroatoms. The van der Waals surface area contributed by atoms with Crippen molar-refractivity contribution in [3.63, 3.8) is 0 Å². The summed E-state index contributed by atoms with van der Waals surface area (Å²) in [5.74, 6) is -1.52. The molecule has 0 saturated carbocycles. The monoisotopic (exact) mass is 475 g/mol. The summed E-state index contributed by atoms with van der Waals surface area (Å²) in [4.78, 5) is 27.3. The highest BCUT2D eigenvalue weighted by atomic mass is 79.9. The van der Waals surface area contributed by atoms with Crippen molar-refractivity contribution >= 4 is 45.0 Å². The summed E-state index contributed by atoms with van der Waals surface area (Å²) in [6.07, 6.45) is 1.66. The largest absolute Gasteiger partial charge is 0.507 e. The van der Waals surface area contributed by atoms with Gasteiger partial charge in [-0.2, -0.15) is 0 Å². The lowest BCUT2D eigenvalue weighted by atomic mass is 9.95. The smallest absolute Gasteiger partial charge is 0.295 e. The van der Waals surface area contributed by atoms with Gasteiger partial charge >= 0.3 is 0 Å². The summed E-state index contributed by atoms with van der Waals surface area (Å²) in [6.45, 7) is 0.963. The molecule has 2 aromatic carbocycles. The maximum absolute atomic E-state index is 12.9. The van der Waals surface area contributed by atoms with Gasteiger partial charge in [-0.05, 0) is 54.8 Å². The van der Waals surface area contributed by atoms with Crippen molar-refractivity contribution in [3.05, 3.63) is 74.7 Å². The van der Waals surface area contributed by atoms with E-state index in [9.17, 15) is 14.7 Å². The number of halogens is 2. The minimum Gasteiger partial charge on any atom is -0.507 e. The lowest BCUT2D eigenvalue weighted by Gasteiger charge is -2.27. The average Bonchev–Trinajstić information content (AvgIpc) is 3.31. The number of nitrogens with zero attached hydrogens (tertiary/aromatic N) is 1. The van der Waals surface area contributed by atoms with Crippen molar-refractivity contribution in [3.8, 4) is 0 Å². The molecule has 2 aliphatic heterocycles. The number of Topliss-reactive ketones (excluding diaryl/α,β-unsaturated/α-hetero) is 1. The molecule has 2 saturated heterocycles. The topological polar surface area (TPSA) is 66.8 Å². The highest BCUT2D eigenvalue weighted by Gasteiger charge is 2.47. The van der Waals surface area contributed by atoms with E-state index in [0.29, 0.717) is 23.7 Å². The van der Waals surface area contributed by atoms with E-state index in [1.54, 1.807) is 24.3 Å². The Hall–Kier alpha value is -2.15. The molecule has 0 aromatic heterocycles. The van der Waals surface area contributed by atoms with Crippen molar-refractivity contribution in [2.75, 3.05) is 13.2 Å². The molecular formula is C22H19BrClNO4. The standard InChI is InChI=1S/C22H19BrClNO4/c23-15-7-3-13(4-8-15)19-18(20(26)14-5-9-16(24)10-6-14)21(27)22(28)25(19)12-17-2-1-11-29-17/h3-10,17,19,26H,1-2,11-12H2/t17-,19-/m1/s1. The first-order valence-electron chi connectivity index (χ1n) is 9.37. The van der Waals surface area contributed by atoms with Gasteiger partial charge < -0.3 is 14.7 Å². The Bertz CT molecular complexity index is 965. The van der Waals surface area contributed by atoms with Gasteiger partial charge in [-0.1, -0.05) is 39.7 Å². The molecular weight excluding hydrogens is 458 g/mol. The highest BCUT2D eigenvalue weighted by Crippen LogP contribution is 2.40. The van der Waals surface area contributed by atoms with Crippen LogP contribution in [0.3, 0.4) is 0 Å². The van der Waals surface area contributed by atoms with Gasteiger partial charge in [-0.3, -0.25) is 9.59 Å². The van der Waals surface area contributed by atoms with Crippen molar-refractivity contribution in [2.24, 2.45) is 0 Å². The van der Waals surface area contributed by atoms with E-state index in [1.165, 1.54) is 4.90 Å². The number of ketones is 1. The molecule has 150 valence electrons. The van der Waals surface area contributed by atoms with Crippen LogP contribution in [0.5, 0.6) is 0 Å². The molecule has 0 radical (unpaired) electrons. The number of aliphatic hydroxyl groups excluding tert-OH is 1. The molecule has 2 fully saturated rings. The predicted octanol–water partition coefficient (Wildman–Crippen LogP) is 4.70. The summed E-state index contributed by atoms with van der Waals surface area (Å²) in [6, 6.07) is 13.2. The molecule has 2 heterocycles. The molecule has 1 N–H and O–H groups in total. The fraction of sp³-hybridized carbons (Fsp3) is 0.273. The summed E-state index contributed by atoms with van der Waals surface area (Å²) < 4.78 is 6.57. The molecule has 4 rings (SSSR count). The SMILES string of the molecule is O=C1C(=O)N(C[C@H]2CCCO2)[C@H](c2ccc(Br)cc2)C1=C(O)c1ccc(Cl)cc1. The van der Waals surface area contributed by atoms with E-state index in [4.69, 9.17) is 16.3 Å². The Labute approximate surface area is 182 Å². The van der Waals surface area contributed by atoms with Crippen LogP contribution in [0, 0.1) is 0 Å². The van der Waals surface area contributed by atoms with Gasteiger partial charge in [0.1, 0.15) is 5.76 Å². The molecule has 1 amide bonds. The van der Waals surface area contributed by atoms with Crippen LogP contribution in [-0.2, 0) is 14.3 Å². The zero-order valence-electron chi connectivity index (χ0n) is 15.5. The maximum atomic E-state index is 12.9. The van der Waals surface area contributed by atoms with Crippen LogP contribution in [0.25, 0.3) is 5.76 Å². The van der Waals surface area contributed by atoms with E-state index >= 15 is 0 Å². The van der Waals surface area contributed by atoms with Crippen LogP contribution in [-0.4, -0.2) is 41.0 Å². The minimum atomic E-state index is -0.691. The van der Waals surface area contributed by atoms with Crippen LogP contribution in [0.4, 0.5) is 0 Å². The quantitative estimate of drug-likeness (QED) is 0.394. The Balaban J connectivity index is 1.81. The molecule has 29 heavy (non-hydrogen) atoms. The van der Waals surface area contributed by atoms with Gasteiger partial charge in [0.25, 0.3) is 11.7 Å². The number of ether oxygens (including phenoxy) is 1. The zero-order chi connectivity index (χ0) is 20.5. The predicted molar refractivity (Wildman–Crippen MR) is 114 cm³/mol. The number of benzene rings is 2. The molecule has 2 aliphatic rings. The molecule has 0 bridgehead atoms. The van der Waals surface area contributed by atoms with Crippen LogP contribution >= 0.6 is 27.5 Å². The fourth-order valence-electron chi connectivity index (χ4n) is 3.83. The summed E-state index contributed by atoms with van der Waals surface area (Å²) in [7, 11) is 0. The molecule has 0 aliphatic carbocycles. The van der Waals surface area contributed by atoms with Gasteiger partial charge in [0.2, 0.25) is 0 Å². The summed E-state index contributed by atoms with van der Waals surface area (Å²) in [5.41, 5.74) is 1.27. The van der Waals surface area contributed by atoms with E-state index in [1.807, 2.05) is 24.3 Å². The summed E-state index contributed by atoms with van der Waals surface area (Å²) in [5, 5.41) is 11.5. The van der Waals surface area contributed by atoms with Crippen molar-refractivity contribution in [1.82, 2.24) is 4.90 Å². The number of hydrogen-bond donors (Lipinski definition) is 1. The third kappa shape index (κ3) is 3.97. The molecule has 0 spiro atoms. The van der Waals surface area contributed by atoms with E-state index in [2.05, 4.69) is 15.9 Å². The number of carbonyl (C=O) groups excluding carboxylic acids is 2. The lowest BCUT2D eigenvalue weighted by molar-refractivity contribution is -0.140. The van der Waals surface area contributed by atoms with Gasteiger partial charge in [-0.25, -0.2) is 0 Å². The van der Waals surface area contributed by atoms with E-state index < -0.39 is 17.7 Å². The highest BCUT2D eigenvalue weighted by molar-refractivity contribution is 9.10. The third-order valence-electron chi connectivity index (χ3n) is 5.27. The van der Waals surface area contributed by atoms with Crippen LogP contribution in [0.2, 0.25) is 5.02 Å². The molecule has 2 atom stereocenters. The van der Waals surface area contributed by atoms with Gasteiger partial charge in [-0.15, -0.1) is 0 Å². The first-order chi connectivity index (χ1) is 14.0. The maximum Gasteiger partial charge on any atom is 0.295 e. The van der Waals surface area contributed by atoms with Crippen LogP contribution in [0.15, 0.2) is 58.6 Å². The fourth-order valence-corrected chi connectivity index (χ4v) is 4.22. The van der Waals surface area contributed by atoms with Crippen molar-refractivity contribution in [1.29, 1.82) is 0 Å². The molecule has 5 nitrogen and oxygen atoms in total. The van der Waals surface area contributed by atoms with Crippen LogP contribution < -0.4 is 0 Å². The second-order valence-corrected chi connectivity index (χ2v) is 8.50. The number of hydrogen-bond acceptors (Lipinski definition) is 4. The normalized spacial score (nSPS) is 23.7. The van der Waals surface area contributed by atoms with Gasteiger partial charge in [0.15, 0.2) is 0 Å². The van der Waals surface area contributed by atoms with E-state index in [0.717, 1.165) is 22.9 Å². The van der Waals surface area contributed by atoms with E-state index in [-0.39, 0.29) is 17.4 Å². The Kier molecular flexibility index (Phi) is 5.76. The number of likely N-dealkylation sites (tertiary alicyclic amines) is 1. The minimum absolute atomic E-state index is 0.0811. The van der Waals surface area contributed by atoms with Crippen molar-refractivity contribution in [2.45, 2.75) is 25.0 Å². The Morgan fingerprint density at radius 2 is 1.83 bits per heavy atom. The third-order valence-corrected chi connectivity index (χ3v) is 6.05. The Morgan fingerprint density at radius 1 is 1.14 bits per heavy atom. The zero-order valence-corrected chi connectivity index (χ0v) is 17.8. The Morgan fingerprint density at radius 3 is 2.45 bits per heavy atom. The molecule has 0 unspecified atom stereocenters. The average molecular weight is 477 g/mol. The summed E-state index contributed by atoms with van der Waals surface area (Å²) >= 11 is 9.35. The lowest BCUT2D eigenvalue weighted by Crippen LogP contribution is -2.36. The van der Waals surface area contributed by atoms with Crippen molar-refractivity contribution < 1.29 is 19.4 Å². The number of amides is 1. The molecule has 2 aromatic rings. The first-order valence-corrected chi connectivity index (χ1v) is 10.5. The second kappa shape index (κ2) is 8.30. The van der Waals surface area contributed by atoms with Crippen LogP contribution in [0.1, 0.15) is 30.0 Å². The van der Waals surface area contributed by atoms with Gasteiger partial charge in [0.05, 0.1) is 17.7 Å². The first kappa shape index (κ1) is 20.1. The number of aliphatic hydroxyl groups is 1.